The zero-order valence-corrected chi connectivity index (χ0v) is 12.0. The second-order valence-corrected chi connectivity index (χ2v) is 6.33. The molecule has 0 unspecified atom stereocenters. The summed E-state index contributed by atoms with van der Waals surface area (Å²) in [6.07, 6.45) is 3.81. The number of aliphatic carboxylic acids is 1. The van der Waals surface area contributed by atoms with Crippen LogP contribution in [0, 0.1) is 11.8 Å². The highest BCUT2D eigenvalue weighted by Gasteiger charge is 2.37. The molecule has 4 heteroatoms. The Kier molecular flexibility index (Phi) is 3.95. The zero-order valence-electron chi connectivity index (χ0n) is 12.0. The van der Waals surface area contributed by atoms with E-state index < -0.39 is 5.97 Å². The summed E-state index contributed by atoms with van der Waals surface area (Å²) >= 11 is 0. The molecule has 0 spiro atoms. The van der Waals surface area contributed by atoms with Crippen LogP contribution >= 0.6 is 0 Å². The van der Waals surface area contributed by atoms with Gasteiger partial charge in [0.15, 0.2) is 0 Å². The summed E-state index contributed by atoms with van der Waals surface area (Å²) in [5.74, 6) is -0.610. The van der Waals surface area contributed by atoms with Gasteiger partial charge in [-0.2, -0.15) is 0 Å². The number of hydrogen-bond acceptors (Lipinski definition) is 2. The minimum absolute atomic E-state index is 0.0512. The molecule has 0 saturated heterocycles. The number of carbonyl (C=O) groups is 2. The highest BCUT2D eigenvalue weighted by Crippen LogP contribution is 2.37. The lowest BCUT2D eigenvalue weighted by atomic mass is 9.75. The van der Waals surface area contributed by atoms with E-state index in [1.807, 2.05) is 18.2 Å². The van der Waals surface area contributed by atoms with Crippen molar-refractivity contribution < 1.29 is 14.7 Å². The van der Waals surface area contributed by atoms with Gasteiger partial charge in [-0.25, -0.2) is 0 Å². The van der Waals surface area contributed by atoms with Crippen molar-refractivity contribution >= 4 is 11.9 Å². The van der Waals surface area contributed by atoms with Gasteiger partial charge < -0.3 is 10.4 Å². The molecule has 1 aromatic carbocycles. The molecule has 0 radical (unpaired) electrons. The first-order chi connectivity index (χ1) is 10.1. The summed E-state index contributed by atoms with van der Waals surface area (Å²) in [4.78, 5) is 23.1. The summed E-state index contributed by atoms with van der Waals surface area (Å²) in [5.41, 5.74) is 1.34. The van der Waals surface area contributed by atoms with Crippen LogP contribution in [0.1, 0.15) is 43.6 Å². The van der Waals surface area contributed by atoms with Crippen molar-refractivity contribution in [1.29, 1.82) is 0 Å². The van der Waals surface area contributed by atoms with Gasteiger partial charge in [-0.05, 0) is 43.6 Å². The van der Waals surface area contributed by atoms with Gasteiger partial charge in [-0.15, -0.1) is 0 Å². The predicted molar refractivity (Wildman–Crippen MR) is 78.8 cm³/mol. The SMILES string of the molecule is O=C(O)[C@@H]1CC[C@H](C(=O)NC2CC(c3ccccc3)C2)C1. The van der Waals surface area contributed by atoms with Crippen molar-refractivity contribution in [3.05, 3.63) is 35.9 Å². The molecule has 2 aliphatic rings. The van der Waals surface area contributed by atoms with Crippen molar-refractivity contribution in [1.82, 2.24) is 5.32 Å². The van der Waals surface area contributed by atoms with Crippen molar-refractivity contribution in [3.8, 4) is 0 Å². The first-order valence-corrected chi connectivity index (χ1v) is 7.71. The first-order valence-electron chi connectivity index (χ1n) is 7.71. The molecule has 2 atom stereocenters. The van der Waals surface area contributed by atoms with Crippen LogP contribution in [0.5, 0.6) is 0 Å². The number of carbonyl (C=O) groups excluding carboxylic acids is 1. The van der Waals surface area contributed by atoms with E-state index in [-0.39, 0.29) is 23.8 Å². The molecule has 112 valence electrons. The number of hydrogen-bond donors (Lipinski definition) is 2. The Bertz CT molecular complexity index is 522. The standard InChI is InChI=1S/C17H21NO3/c19-16(12-6-7-13(8-12)17(20)21)18-15-9-14(10-15)11-4-2-1-3-5-11/h1-5,12-15H,6-10H2,(H,18,19)(H,20,21)/t12-,13+,14?,15?/m0/s1. The summed E-state index contributed by atoms with van der Waals surface area (Å²) in [5, 5.41) is 12.1. The predicted octanol–water partition coefficient (Wildman–Crippen LogP) is 2.55. The molecule has 21 heavy (non-hydrogen) atoms. The van der Waals surface area contributed by atoms with Gasteiger partial charge in [0.05, 0.1) is 5.92 Å². The van der Waals surface area contributed by atoms with Gasteiger partial charge in [0.25, 0.3) is 0 Å². The summed E-state index contributed by atoms with van der Waals surface area (Å²) in [7, 11) is 0. The van der Waals surface area contributed by atoms with E-state index in [1.165, 1.54) is 5.56 Å². The molecule has 0 aliphatic heterocycles. The van der Waals surface area contributed by atoms with E-state index in [4.69, 9.17) is 5.11 Å². The van der Waals surface area contributed by atoms with Crippen LogP contribution in [0.3, 0.4) is 0 Å². The summed E-state index contributed by atoms with van der Waals surface area (Å²) < 4.78 is 0. The van der Waals surface area contributed by atoms with E-state index in [9.17, 15) is 9.59 Å². The van der Waals surface area contributed by atoms with E-state index >= 15 is 0 Å². The summed E-state index contributed by atoms with van der Waals surface area (Å²) in [6, 6.07) is 10.6. The van der Waals surface area contributed by atoms with E-state index in [0.29, 0.717) is 25.2 Å². The smallest absolute Gasteiger partial charge is 0.306 e. The fourth-order valence-corrected chi connectivity index (χ4v) is 3.50. The second kappa shape index (κ2) is 5.88. The van der Waals surface area contributed by atoms with E-state index in [2.05, 4.69) is 17.4 Å². The molecule has 2 N–H and O–H groups in total. The molecule has 1 aromatic rings. The largest absolute Gasteiger partial charge is 0.481 e. The molecule has 2 saturated carbocycles. The van der Waals surface area contributed by atoms with E-state index in [0.717, 1.165) is 12.8 Å². The number of rotatable bonds is 4. The molecular formula is C17H21NO3. The number of nitrogens with one attached hydrogen (secondary N) is 1. The molecule has 3 rings (SSSR count). The maximum absolute atomic E-state index is 12.2. The fourth-order valence-electron chi connectivity index (χ4n) is 3.50. The Morgan fingerprint density at radius 3 is 2.29 bits per heavy atom. The molecule has 2 fully saturated rings. The number of amides is 1. The van der Waals surface area contributed by atoms with Crippen LogP contribution in [0.15, 0.2) is 30.3 Å². The number of benzene rings is 1. The van der Waals surface area contributed by atoms with Crippen LogP contribution < -0.4 is 5.32 Å². The summed E-state index contributed by atoms with van der Waals surface area (Å²) in [6.45, 7) is 0. The minimum Gasteiger partial charge on any atom is -0.481 e. The average molecular weight is 287 g/mol. The van der Waals surface area contributed by atoms with Gasteiger partial charge in [0.2, 0.25) is 5.91 Å². The third-order valence-electron chi connectivity index (χ3n) is 4.91. The Hall–Kier alpha value is -1.84. The second-order valence-electron chi connectivity index (χ2n) is 6.33. The van der Waals surface area contributed by atoms with Gasteiger partial charge in [0.1, 0.15) is 0 Å². The highest BCUT2D eigenvalue weighted by atomic mass is 16.4. The Balaban J connectivity index is 1.45. The zero-order chi connectivity index (χ0) is 14.8. The molecular weight excluding hydrogens is 266 g/mol. The Labute approximate surface area is 124 Å². The lowest BCUT2D eigenvalue weighted by Crippen LogP contribution is -2.45. The molecule has 1 amide bonds. The minimum atomic E-state index is -0.766. The fraction of sp³-hybridized carbons (Fsp3) is 0.529. The number of carboxylic acids is 1. The van der Waals surface area contributed by atoms with Gasteiger partial charge >= 0.3 is 5.97 Å². The maximum atomic E-state index is 12.2. The Morgan fingerprint density at radius 2 is 1.67 bits per heavy atom. The maximum Gasteiger partial charge on any atom is 0.306 e. The van der Waals surface area contributed by atoms with Crippen molar-refractivity contribution in [2.75, 3.05) is 0 Å². The Morgan fingerprint density at radius 1 is 1.00 bits per heavy atom. The van der Waals surface area contributed by atoms with Crippen LogP contribution in [0.25, 0.3) is 0 Å². The third kappa shape index (κ3) is 3.09. The first kappa shape index (κ1) is 14.1. The molecule has 2 aliphatic carbocycles. The highest BCUT2D eigenvalue weighted by molar-refractivity contribution is 5.81. The van der Waals surface area contributed by atoms with Crippen LogP contribution in [-0.2, 0) is 9.59 Å². The lowest BCUT2D eigenvalue weighted by Gasteiger charge is -2.36. The van der Waals surface area contributed by atoms with Crippen molar-refractivity contribution in [2.24, 2.45) is 11.8 Å². The van der Waals surface area contributed by atoms with Gasteiger partial charge in [-0.3, -0.25) is 9.59 Å². The van der Waals surface area contributed by atoms with Gasteiger partial charge in [-0.1, -0.05) is 30.3 Å². The average Bonchev–Trinajstić information content (AvgIpc) is 2.93. The van der Waals surface area contributed by atoms with Crippen LogP contribution in [0.2, 0.25) is 0 Å². The normalized spacial score (nSPS) is 31.4. The number of carboxylic acid groups (broad SMARTS) is 1. The van der Waals surface area contributed by atoms with Crippen LogP contribution in [-0.4, -0.2) is 23.0 Å². The van der Waals surface area contributed by atoms with Crippen molar-refractivity contribution in [3.63, 3.8) is 0 Å². The van der Waals surface area contributed by atoms with E-state index in [1.54, 1.807) is 0 Å². The van der Waals surface area contributed by atoms with Gasteiger partial charge in [0, 0.05) is 12.0 Å². The quantitative estimate of drug-likeness (QED) is 0.894. The third-order valence-corrected chi connectivity index (χ3v) is 4.91. The molecule has 0 bridgehead atoms. The molecule has 4 nitrogen and oxygen atoms in total. The topological polar surface area (TPSA) is 66.4 Å². The van der Waals surface area contributed by atoms with Crippen LogP contribution in [0.4, 0.5) is 0 Å². The van der Waals surface area contributed by atoms with Crippen molar-refractivity contribution in [2.45, 2.75) is 44.1 Å². The molecule has 0 heterocycles. The monoisotopic (exact) mass is 287 g/mol. The molecule has 0 aromatic heterocycles. The lowest BCUT2D eigenvalue weighted by molar-refractivity contribution is -0.141.